The lowest BCUT2D eigenvalue weighted by Gasteiger charge is -2.25. The second kappa shape index (κ2) is 13.7. The predicted molar refractivity (Wildman–Crippen MR) is 137 cm³/mol. The van der Waals surface area contributed by atoms with Gasteiger partial charge in [-0.1, -0.05) is 32.0 Å². The number of hydrogen-bond acceptors (Lipinski definition) is 6. The summed E-state index contributed by atoms with van der Waals surface area (Å²) in [6, 6.07) is 5.04. The molecule has 0 bridgehead atoms. The van der Waals surface area contributed by atoms with Gasteiger partial charge in [0, 0.05) is 17.1 Å². The van der Waals surface area contributed by atoms with Gasteiger partial charge in [-0.25, -0.2) is 0 Å². The van der Waals surface area contributed by atoms with E-state index in [2.05, 4.69) is 20.9 Å². The van der Waals surface area contributed by atoms with Crippen LogP contribution in [0.4, 0.5) is 0 Å². The third-order valence-corrected chi connectivity index (χ3v) is 6.09. The minimum Gasteiger partial charge on any atom is -0.480 e. The summed E-state index contributed by atoms with van der Waals surface area (Å²) in [5, 5.41) is 17.5. The first-order valence-corrected chi connectivity index (χ1v) is 12.9. The number of benzene rings is 1. The molecule has 0 aliphatic carbocycles. The minimum absolute atomic E-state index is 0.0692. The summed E-state index contributed by atoms with van der Waals surface area (Å²) in [7, 11) is 0. The van der Waals surface area contributed by atoms with Crippen molar-refractivity contribution in [1.82, 2.24) is 20.9 Å². The number of hydrogen-bond donors (Lipinski definition) is 6. The fraction of sp³-hybridized carbons (Fsp3) is 0.500. The van der Waals surface area contributed by atoms with Gasteiger partial charge in [-0.15, -0.1) is 0 Å². The van der Waals surface area contributed by atoms with Crippen LogP contribution in [0.2, 0.25) is 0 Å². The maximum absolute atomic E-state index is 13.1. The van der Waals surface area contributed by atoms with E-state index in [1.54, 1.807) is 0 Å². The van der Waals surface area contributed by atoms with Crippen molar-refractivity contribution in [2.45, 2.75) is 51.2 Å². The van der Waals surface area contributed by atoms with E-state index in [1.165, 1.54) is 11.8 Å². The molecule has 0 aliphatic heterocycles. The number of carbonyl (C=O) groups excluding carboxylic acids is 3. The van der Waals surface area contributed by atoms with Crippen LogP contribution in [0.5, 0.6) is 0 Å². The summed E-state index contributed by atoms with van der Waals surface area (Å²) in [5.74, 6) is -2.06. The first-order valence-electron chi connectivity index (χ1n) is 11.5. The molecule has 11 heteroatoms. The van der Waals surface area contributed by atoms with Crippen molar-refractivity contribution in [3.8, 4) is 0 Å². The van der Waals surface area contributed by atoms with Crippen molar-refractivity contribution in [3.63, 3.8) is 0 Å². The van der Waals surface area contributed by atoms with E-state index in [0.29, 0.717) is 25.0 Å². The van der Waals surface area contributed by atoms with Crippen molar-refractivity contribution in [2.24, 2.45) is 11.7 Å². The van der Waals surface area contributed by atoms with Gasteiger partial charge in [-0.2, -0.15) is 11.8 Å². The van der Waals surface area contributed by atoms with Gasteiger partial charge in [0.05, 0.1) is 6.04 Å². The number of fused-ring (bicyclic) bond motifs is 1. The van der Waals surface area contributed by atoms with Gasteiger partial charge < -0.3 is 31.8 Å². The number of para-hydroxylation sites is 1. The molecule has 3 unspecified atom stereocenters. The Morgan fingerprint density at radius 1 is 1.06 bits per heavy atom. The first-order chi connectivity index (χ1) is 16.6. The summed E-state index contributed by atoms with van der Waals surface area (Å²) in [6.45, 7) is 3.24. The Morgan fingerprint density at radius 2 is 1.74 bits per heavy atom. The number of thioether (sulfide) groups is 1. The van der Waals surface area contributed by atoms with E-state index in [9.17, 15) is 19.2 Å². The highest BCUT2D eigenvalue weighted by Gasteiger charge is 2.28. The Morgan fingerprint density at radius 3 is 2.40 bits per heavy atom. The van der Waals surface area contributed by atoms with Crippen molar-refractivity contribution in [1.29, 1.82) is 0 Å². The molecule has 1 heterocycles. The second-order valence-corrected chi connectivity index (χ2v) is 9.80. The summed E-state index contributed by atoms with van der Waals surface area (Å²) in [4.78, 5) is 52.4. The van der Waals surface area contributed by atoms with Gasteiger partial charge in [0.2, 0.25) is 17.7 Å². The molecule has 35 heavy (non-hydrogen) atoms. The van der Waals surface area contributed by atoms with Crippen molar-refractivity contribution >= 4 is 46.4 Å². The average Bonchev–Trinajstić information content (AvgIpc) is 3.21. The molecule has 10 nitrogen and oxygen atoms in total. The third-order valence-electron chi connectivity index (χ3n) is 5.45. The quantitative estimate of drug-likeness (QED) is 0.223. The number of carboxylic acid groups (broad SMARTS) is 1. The fourth-order valence-corrected chi connectivity index (χ4v) is 4.15. The minimum atomic E-state index is -1.18. The summed E-state index contributed by atoms with van der Waals surface area (Å²) < 4.78 is 0. The molecule has 7 N–H and O–H groups in total. The lowest BCUT2D eigenvalue weighted by molar-refractivity contribution is -0.138. The Kier molecular flexibility index (Phi) is 11.1. The van der Waals surface area contributed by atoms with Crippen LogP contribution in [0.15, 0.2) is 30.5 Å². The van der Waals surface area contributed by atoms with Crippen molar-refractivity contribution < 1.29 is 24.3 Å². The zero-order chi connectivity index (χ0) is 26.0. The molecular weight excluding hydrogens is 470 g/mol. The van der Waals surface area contributed by atoms with Crippen LogP contribution in [-0.4, -0.2) is 70.5 Å². The maximum Gasteiger partial charge on any atom is 0.322 e. The Bertz CT molecular complexity index is 1020. The number of carboxylic acids is 1. The maximum atomic E-state index is 13.1. The number of carbonyl (C=O) groups is 4. The van der Waals surface area contributed by atoms with Crippen molar-refractivity contribution in [3.05, 3.63) is 36.0 Å². The van der Waals surface area contributed by atoms with E-state index < -0.39 is 48.4 Å². The predicted octanol–water partition coefficient (Wildman–Crippen LogP) is 1.01. The van der Waals surface area contributed by atoms with Gasteiger partial charge in [0.15, 0.2) is 0 Å². The van der Waals surface area contributed by atoms with E-state index in [1.807, 2.05) is 50.6 Å². The Labute approximate surface area is 209 Å². The van der Waals surface area contributed by atoms with Gasteiger partial charge in [0.1, 0.15) is 18.6 Å². The molecule has 3 amide bonds. The van der Waals surface area contributed by atoms with Crippen LogP contribution in [0, 0.1) is 5.92 Å². The highest BCUT2D eigenvalue weighted by Crippen LogP contribution is 2.19. The Hall–Kier alpha value is -3.05. The number of nitrogens with two attached hydrogens (primary N) is 1. The lowest BCUT2D eigenvalue weighted by atomic mass is 10.0. The zero-order valence-electron chi connectivity index (χ0n) is 20.3. The van der Waals surface area contributed by atoms with E-state index >= 15 is 0 Å². The van der Waals surface area contributed by atoms with E-state index in [4.69, 9.17) is 10.8 Å². The van der Waals surface area contributed by atoms with Gasteiger partial charge >= 0.3 is 5.97 Å². The van der Waals surface area contributed by atoms with Crippen LogP contribution in [0.3, 0.4) is 0 Å². The molecular formula is C24H35N5O5S. The number of amides is 3. The third kappa shape index (κ3) is 8.91. The van der Waals surface area contributed by atoms with Gasteiger partial charge in [-0.3, -0.25) is 19.2 Å². The van der Waals surface area contributed by atoms with E-state index in [0.717, 1.165) is 16.5 Å². The van der Waals surface area contributed by atoms with Crippen LogP contribution < -0.4 is 21.7 Å². The average molecular weight is 506 g/mol. The highest BCUT2D eigenvalue weighted by molar-refractivity contribution is 7.98. The normalized spacial score (nSPS) is 13.7. The van der Waals surface area contributed by atoms with Crippen LogP contribution in [-0.2, 0) is 25.6 Å². The molecule has 1 aromatic heterocycles. The summed E-state index contributed by atoms with van der Waals surface area (Å²) in [5.41, 5.74) is 8.03. The second-order valence-electron chi connectivity index (χ2n) is 8.82. The van der Waals surface area contributed by atoms with E-state index in [-0.39, 0.29) is 5.92 Å². The highest BCUT2D eigenvalue weighted by atomic mass is 32.2. The SMILES string of the molecule is CSCCC(NC(=O)C(N)Cc1c[nH]c2ccccc12)C(=O)NC(CC(C)C)C(=O)NCC(=O)O. The number of H-pyrrole nitrogens is 1. The van der Waals surface area contributed by atoms with Crippen LogP contribution in [0.25, 0.3) is 10.9 Å². The zero-order valence-corrected chi connectivity index (χ0v) is 21.1. The standard InChI is InChI=1S/C24H35N5O5S/c1-14(2)10-20(23(33)27-13-21(30)31)29-24(34)19(8-9-35-3)28-22(32)17(25)11-15-12-26-18-7-5-4-6-16(15)18/h4-7,12,14,17,19-20,26H,8-11,13,25H2,1-3H3,(H,27,33)(H,28,32)(H,29,34)(H,30,31). The summed E-state index contributed by atoms with van der Waals surface area (Å²) in [6.07, 6.45) is 4.67. The molecule has 3 atom stereocenters. The van der Waals surface area contributed by atoms with Gasteiger partial charge in [-0.05, 0) is 48.8 Å². The van der Waals surface area contributed by atoms with Crippen molar-refractivity contribution in [2.75, 3.05) is 18.6 Å². The topological polar surface area (TPSA) is 166 Å². The number of nitrogens with one attached hydrogen (secondary N) is 4. The van der Waals surface area contributed by atoms with Gasteiger partial charge in [0.25, 0.3) is 0 Å². The molecule has 0 saturated heterocycles. The number of aliphatic carboxylic acids is 1. The number of rotatable bonds is 14. The Balaban J connectivity index is 2.07. The number of aromatic amines is 1. The lowest BCUT2D eigenvalue weighted by Crippen LogP contribution is -2.56. The molecule has 2 aromatic rings. The molecule has 0 saturated carbocycles. The molecule has 1 aromatic carbocycles. The fourth-order valence-electron chi connectivity index (χ4n) is 3.67. The molecule has 2 rings (SSSR count). The molecule has 0 aliphatic rings. The molecule has 0 spiro atoms. The molecule has 0 radical (unpaired) electrons. The largest absolute Gasteiger partial charge is 0.480 e. The first kappa shape index (κ1) is 28.2. The molecule has 192 valence electrons. The van der Waals surface area contributed by atoms with Crippen LogP contribution in [0.1, 0.15) is 32.3 Å². The number of aromatic nitrogens is 1. The molecule has 0 fully saturated rings. The van der Waals surface area contributed by atoms with Crippen LogP contribution >= 0.6 is 11.8 Å². The smallest absolute Gasteiger partial charge is 0.322 e. The summed E-state index contributed by atoms with van der Waals surface area (Å²) >= 11 is 1.52. The monoisotopic (exact) mass is 505 g/mol.